The number of benzene rings is 1. The van der Waals surface area contributed by atoms with Gasteiger partial charge in [0.25, 0.3) is 0 Å². The third kappa shape index (κ3) is 6.60. The third-order valence-electron chi connectivity index (χ3n) is 3.94. The molecule has 0 aliphatic rings. The predicted octanol–water partition coefficient (Wildman–Crippen LogP) is 4.61. The number of hydrogen-bond donors (Lipinski definition) is 1. The molecule has 1 rings (SSSR count). The van der Waals surface area contributed by atoms with Crippen LogP contribution in [0.25, 0.3) is 0 Å². The smallest absolute Gasteiger partial charge is 0.478 e. The zero-order chi connectivity index (χ0) is 17.9. The maximum atomic E-state index is 11.4. The van der Waals surface area contributed by atoms with Gasteiger partial charge in [0.2, 0.25) is 0 Å². The van der Waals surface area contributed by atoms with E-state index in [2.05, 4.69) is 6.92 Å². The van der Waals surface area contributed by atoms with E-state index in [0.717, 1.165) is 30.4 Å². The average molecular weight is 336 g/mol. The van der Waals surface area contributed by atoms with Gasteiger partial charge < -0.3 is 14.6 Å². The summed E-state index contributed by atoms with van der Waals surface area (Å²) in [6, 6.07) is 5.53. The van der Waals surface area contributed by atoms with Crippen LogP contribution in [0.1, 0.15) is 67.9 Å². The molecule has 1 aromatic rings. The number of unbranched alkanes of at least 4 members (excludes halogenated alkanes) is 1. The van der Waals surface area contributed by atoms with Gasteiger partial charge in [-0.2, -0.15) is 0 Å². The van der Waals surface area contributed by atoms with Crippen LogP contribution in [0.2, 0.25) is 0 Å². The number of ether oxygens (including phenoxy) is 2. The second-order valence-corrected chi connectivity index (χ2v) is 5.77. The van der Waals surface area contributed by atoms with E-state index in [-0.39, 0.29) is 12.7 Å². The Kier molecular flexibility index (Phi) is 8.90. The number of carboxylic acid groups (broad SMARTS) is 1. The maximum Gasteiger partial charge on any atom is 0.508 e. The van der Waals surface area contributed by atoms with Crippen molar-refractivity contribution in [2.75, 3.05) is 6.61 Å². The Balaban J connectivity index is 2.78. The molecule has 1 N–H and O–H groups in total. The first-order valence-electron chi connectivity index (χ1n) is 8.70. The van der Waals surface area contributed by atoms with E-state index in [4.69, 9.17) is 9.47 Å². The lowest BCUT2D eigenvalue weighted by atomic mass is 9.96. The molecule has 0 aliphatic heterocycles. The zero-order valence-corrected chi connectivity index (χ0v) is 14.8. The van der Waals surface area contributed by atoms with Gasteiger partial charge in [-0.25, -0.2) is 9.59 Å². The van der Waals surface area contributed by atoms with Crippen LogP contribution in [-0.4, -0.2) is 29.9 Å². The molecule has 0 saturated heterocycles. The quantitative estimate of drug-likeness (QED) is 0.632. The Bertz CT molecular complexity index is 539. The van der Waals surface area contributed by atoms with Crippen LogP contribution < -0.4 is 0 Å². The first-order valence-corrected chi connectivity index (χ1v) is 8.70. The van der Waals surface area contributed by atoms with Gasteiger partial charge in [-0.3, -0.25) is 0 Å². The Hall–Kier alpha value is -2.04. The Morgan fingerprint density at radius 2 is 1.92 bits per heavy atom. The standard InChI is InChI=1S/C19H28O5/c1-4-7-8-14-9-12-17(18(20)21)15(13-14)10-11-16(5-2)24-19(22)23-6-3/h9,12-13,16H,4-8,10-11H2,1-3H3,(H,20,21). The van der Waals surface area contributed by atoms with E-state index < -0.39 is 12.1 Å². The predicted molar refractivity (Wildman–Crippen MR) is 92.5 cm³/mol. The van der Waals surface area contributed by atoms with Crippen LogP contribution in [0.3, 0.4) is 0 Å². The molecule has 5 nitrogen and oxygen atoms in total. The van der Waals surface area contributed by atoms with Gasteiger partial charge in [0.05, 0.1) is 12.2 Å². The first kappa shape index (κ1) is 20.0. The molecule has 0 amide bonds. The Morgan fingerprint density at radius 3 is 2.50 bits per heavy atom. The van der Waals surface area contributed by atoms with Crippen molar-refractivity contribution in [3.8, 4) is 0 Å². The minimum atomic E-state index is -0.925. The molecule has 0 spiro atoms. The molecule has 1 aromatic carbocycles. The Labute approximate surface area is 144 Å². The first-order chi connectivity index (χ1) is 11.5. The van der Waals surface area contributed by atoms with Gasteiger partial charge in [-0.05, 0) is 56.2 Å². The number of aryl methyl sites for hydroxylation is 2. The van der Waals surface area contributed by atoms with E-state index in [9.17, 15) is 14.7 Å². The summed E-state index contributed by atoms with van der Waals surface area (Å²) >= 11 is 0. The molecular formula is C19H28O5. The molecule has 0 radical (unpaired) electrons. The van der Waals surface area contributed by atoms with Crippen molar-refractivity contribution >= 4 is 12.1 Å². The molecule has 5 heteroatoms. The molecule has 1 atom stereocenters. The van der Waals surface area contributed by atoms with Crippen LogP contribution in [0.15, 0.2) is 18.2 Å². The number of aromatic carboxylic acids is 1. The minimum absolute atomic E-state index is 0.273. The van der Waals surface area contributed by atoms with Gasteiger partial charge in [-0.1, -0.05) is 32.4 Å². The number of carbonyl (C=O) groups excluding carboxylic acids is 1. The summed E-state index contributed by atoms with van der Waals surface area (Å²) < 4.78 is 10.0. The van der Waals surface area contributed by atoms with E-state index in [0.29, 0.717) is 24.8 Å². The number of carbonyl (C=O) groups is 2. The van der Waals surface area contributed by atoms with Gasteiger partial charge in [-0.15, -0.1) is 0 Å². The molecule has 24 heavy (non-hydrogen) atoms. The molecule has 134 valence electrons. The summed E-state index contributed by atoms with van der Waals surface area (Å²) in [6.07, 6.45) is 3.98. The average Bonchev–Trinajstić information content (AvgIpc) is 2.56. The Morgan fingerprint density at radius 1 is 1.17 bits per heavy atom. The molecule has 0 saturated carbocycles. The van der Waals surface area contributed by atoms with Gasteiger partial charge >= 0.3 is 12.1 Å². The summed E-state index contributed by atoms with van der Waals surface area (Å²) in [7, 11) is 0. The lowest BCUT2D eigenvalue weighted by Crippen LogP contribution is -2.19. The van der Waals surface area contributed by atoms with E-state index in [1.165, 1.54) is 0 Å². The summed E-state index contributed by atoms with van der Waals surface area (Å²) in [4.78, 5) is 22.9. The highest BCUT2D eigenvalue weighted by Gasteiger charge is 2.16. The SMILES string of the molecule is CCCCc1ccc(C(=O)O)c(CCC(CC)OC(=O)OCC)c1. The molecule has 1 unspecified atom stereocenters. The highest BCUT2D eigenvalue weighted by atomic mass is 16.7. The second kappa shape index (κ2) is 10.7. The monoisotopic (exact) mass is 336 g/mol. The van der Waals surface area contributed by atoms with Crippen LogP contribution in [-0.2, 0) is 22.3 Å². The maximum absolute atomic E-state index is 11.4. The molecule has 0 aromatic heterocycles. The van der Waals surface area contributed by atoms with Crippen LogP contribution in [0.4, 0.5) is 4.79 Å². The zero-order valence-electron chi connectivity index (χ0n) is 14.8. The lowest BCUT2D eigenvalue weighted by molar-refractivity contribution is 0.0222. The molecule has 0 bridgehead atoms. The molecule has 0 aliphatic carbocycles. The van der Waals surface area contributed by atoms with E-state index >= 15 is 0 Å². The van der Waals surface area contributed by atoms with Gasteiger partial charge in [0, 0.05) is 0 Å². The molecule has 0 heterocycles. The summed E-state index contributed by atoms with van der Waals surface area (Å²) in [5.74, 6) is -0.925. The number of carboxylic acids is 1. The summed E-state index contributed by atoms with van der Waals surface area (Å²) in [6.45, 7) is 6.06. The lowest BCUT2D eigenvalue weighted by Gasteiger charge is -2.16. The largest absolute Gasteiger partial charge is 0.508 e. The van der Waals surface area contributed by atoms with Crippen molar-refractivity contribution in [3.05, 3.63) is 34.9 Å². The van der Waals surface area contributed by atoms with Crippen molar-refractivity contribution in [1.29, 1.82) is 0 Å². The number of rotatable bonds is 10. The van der Waals surface area contributed by atoms with Crippen molar-refractivity contribution in [2.24, 2.45) is 0 Å². The van der Waals surface area contributed by atoms with E-state index in [1.54, 1.807) is 13.0 Å². The van der Waals surface area contributed by atoms with Crippen molar-refractivity contribution < 1.29 is 24.2 Å². The normalized spacial score (nSPS) is 11.8. The third-order valence-corrected chi connectivity index (χ3v) is 3.94. The van der Waals surface area contributed by atoms with Crippen LogP contribution in [0.5, 0.6) is 0 Å². The van der Waals surface area contributed by atoms with E-state index in [1.807, 2.05) is 19.1 Å². The highest BCUT2D eigenvalue weighted by Crippen LogP contribution is 2.18. The van der Waals surface area contributed by atoms with Crippen LogP contribution >= 0.6 is 0 Å². The van der Waals surface area contributed by atoms with Crippen molar-refractivity contribution in [2.45, 2.75) is 65.4 Å². The second-order valence-electron chi connectivity index (χ2n) is 5.77. The van der Waals surface area contributed by atoms with Gasteiger partial charge in [0.15, 0.2) is 0 Å². The van der Waals surface area contributed by atoms with Crippen molar-refractivity contribution in [1.82, 2.24) is 0 Å². The minimum Gasteiger partial charge on any atom is -0.478 e. The van der Waals surface area contributed by atoms with Crippen molar-refractivity contribution in [3.63, 3.8) is 0 Å². The summed E-state index contributed by atoms with van der Waals surface area (Å²) in [5.41, 5.74) is 2.26. The van der Waals surface area contributed by atoms with Crippen LogP contribution in [0, 0.1) is 0 Å². The topological polar surface area (TPSA) is 72.8 Å². The van der Waals surface area contributed by atoms with Gasteiger partial charge in [0.1, 0.15) is 6.10 Å². The fourth-order valence-corrected chi connectivity index (χ4v) is 2.55. The fourth-order valence-electron chi connectivity index (χ4n) is 2.55. The summed E-state index contributed by atoms with van der Waals surface area (Å²) in [5, 5.41) is 9.37. The molecule has 0 fully saturated rings. The molecular weight excluding hydrogens is 308 g/mol. The number of hydrogen-bond acceptors (Lipinski definition) is 4. The fraction of sp³-hybridized carbons (Fsp3) is 0.579. The highest BCUT2D eigenvalue weighted by molar-refractivity contribution is 5.89.